The van der Waals surface area contributed by atoms with Crippen molar-refractivity contribution in [1.29, 1.82) is 0 Å². The molecule has 0 aliphatic carbocycles. The molecule has 146 valence electrons. The number of carbonyl (C=O) groups excluding carboxylic acids is 1. The van der Waals surface area contributed by atoms with Crippen molar-refractivity contribution in [1.82, 2.24) is 0 Å². The zero-order valence-corrected chi connectivity index (χ0v) is 16.6. The second-order valence-corrected chi connectivity index (χ2v) is 7.78. The number of hydrogen-bond donors (Lipinski definition) is 1. The summed E-state index contributed by atoms with van der Waals surface area (Å²) < 4.78 is 19.1. The average molecular weight is 406 g/mol. The number of para-hydroxylation sites is 2. The molecule has 0 saturated carbocycles. The normalized spacial score (nSPS) is 15.2. The van der Waals surface area contributed by atoms with E-state index < -0.39 is 5.82 Å². The molecule has 0 radical (unpaired) electrons. The monoisotopic (exact) mass is 406 g/mol. The van der Waals surface area contributed by atoms with E-state index in [1.165, 1.54) is 6.07 Å². The zero-order chi connectivity index (χ0) is 20.2. The topological polar surface area (TPSA) is 50.7 Å². The van der Waals surface area contributed by atoms with Gasteiger partial charge in [0.05, 0.1) is 29.4 Å². The van der Waals surface area contributed by atoms with Crippen LogP contribution in [0.1, 0.15) is 12.0 Å². The van der Waals surface area contributed by atoms with Crippen LogP contribution in [0, 0.1) is 5.82 Å². The van der Waals surface area contributed by atoms with Crippen molar-refractivity contribution in [3.8, 4) is 5.75 Å². The number of halogens is 1. The van der Waals surface area contributed by atoms with Crippen molar-refractivity contribution in [2.75, 3.05) is 12.4 Å². The Balaban J connectivity index is 1.61. The average Bonchev–Trinajstić information content (AvgIpc) is 2.75. The lowest BCUT2D eigenvalue weighted by Gasteiger charge is -2.24. The molecule has 4 rings (SSSR count). The first-order valence-corrected chi connectivity index (χ1v) is 10.0. The molecule has 3 aromatic rings. The lowest BCUT2D eigenvalue weighted by molar-refractivity contribution is -0.116. The second kappa shape index (κ2) is 8.49. The third kappa shape index (κ3) is 4.32. The van der Waals surface area contributed by atoms with Crippen LogP contribution in [0.2, 0.25) is 0 Å². The van der Waals surface area contributed by atoms with Crippen LogP contribution < -0.4 is 10.1 Å². The van der Waals surface area contributed by atoms with Gasteiger partial charge in [-0.1, -0.05) is 24.3 Å². The van der Waals surface area contributed by atoms with E-state index >= 15 is 0 Å². The van der Waals surface area contributed by atoms with Gasteiger partial charge >= 0.3 is 0 Å². The van der Waals surface area contributed by atoms with Crippen molar-refractivity contribution < 1.29 is 13.9 Å². The number of rotatable bonds is 5. The SMILES string of the molecule is COc1ccc(C2=Nc3ccccc3S[C@H]2CC(=O)Nc2ccccc2F)cc1. The van der Waals surface area contributed by atoms with Crippen molar-refractivity contribution in [3.63, 3.8) is 0 Å². The van der Waals surface area contributed by atoms with Gasteiger partial charge in [-0.25, -0.2) is 4.39 Å². The molecular weight excluding hydrogens is 387 g/mol. The summed E-state index contributed by atoms with van der Waals surface area (Å²) in [5.74, 6) is 0.0480. The summed E-state index contributed by atoms with van der Waals surface area (Å²) in [5.41, 5.74) is 2.81. The van der Waals surface area contributed by atoms with Gasteiger partial charge in [0.1, 0.15) is 11.6 Å². The number of thioether (sulfide) groups is 1. The number of methoxy groups -OCH3 is 1. The van der Waals surface area contributed by atoms with E-state index in [-0.39, 0.29) is 23.3 Å². The zero-order valence-electron chi connectivity index (χ0n) is 15.8. The van der Waals surface area contributed by atoms with Crippen molar-refractivity contribution in [3.05, 3.63) is 84.2 Å². The highest BCUT2D eigenvalue weighted by molar-refractivity contribution is 8.01. The van der Waals surface area contributed by atoms with Gasteiger partial charge in [0.2, 0.25) is 5.91 Å². The Hall–Kier alpha value is -3.12. The maximum atomic E-state index is 13.9. The Labute approximate surface area is 172 Å². The molecule has 6 heteroatoms. The highest BCUT2D eigenvalue weighted by Gasteiger charge is 2.27. The molecule has 0 fully saturated rings. The smallest absolute Gasteiger partial charge is 0.225 e. The van der Waals surface area contributed by atoms with Gasteiger partial charge in [-0.3, -0.25) is 9.79 Å². The van der Waals surface area contributed by atoms with Gasteiger partial charge in [-0.15, -0.1) is 11.8 Å². The first kappa shape index (κ1) is 19.2. The van der Waals surface area contributed by atoms with E-state index in [1.54, 1.807) is 37.1 Å². The highest BCUT2D eigenvalue weighted by Crippen LogP contribution is 2.40. The molecule has 1 atom stereocenters. The number of benzene rings is 3. The second-order valence-electron chi connectivity index (χ2n) is 6.53. The first-order valence-electron chi connectivity index (χ1n) is 9.17. The number of fused-ring (bicyclic) bond motifs is 1. The molecule has 0 saturated heterocycles. The highest BCUT2D eigenvalue weighted by atomic mass is 32.2. The predicted molar refractivity (Wildman–Crippen MR) is 115 cm³/mol. The van der Waals surface area contributed by atoms with Crippen LogP contribution >= 0.6 is 11.8 Å². The molecule has 1 N–H and O–H groups in total. The number of ether oxygens (including phenoxy) is 1. The minimum atomic E-state index is -0.452. The van der Waals surface area contributed by atoms with Crippen LogP contribution in [0.3, 0.4) is 0 Å². The molecule has 0 unspecified atom stereocenters. The van der Waals surface area contributed by atoms with Gasteiger partial charge in [0.15, 0.2) is 0 Å². The van der Waals surface area contributed by atoms with Gasteiger partial charge in [-0.2, -0.15) is 0 Å². The van der Waals surface area contributed by atoms with Crippen LogP contribution in [0.25, 0.3) is 0 Å². The number of hydrogen-bond acceptors (Lipinski definition) is 4. The summed E-state index contributed by atoms with van der Waals surface area (Å²) in [6, 6.07) is 21.6. The molecule has 1 amide bonds. The van der Waals surface area contributed by atoms with Gasteiger partial charge in [-0.05, 0) is 54.1 Å². The van der Waals surface area contributed by atoms with Crippen molar-refractivity contribution >= 4 is 34.8 Å². The molecule has 0 aromatic heterocycles. The summed E-state index contributed by atoms with van der Waals surface area (Å²) in [4.78, 5) is 18.5. The molecule has 4 nitrogen and oxygen atoms in total. The van der Waals surface area contributed by atoms with Crippen LogP contribution in [-0.4, -0.2) is 24.0 Å². The summed E-state index contributed by atoms with van der Waals surface area (Å²) in [5, 5.41) is 2.48. The summed E-state index contributed by atoms with van der Waals surface area (Å²) >= 11 is 1.60. The molecule has 0 spiro atoms. The van der Waals surface area contributed by atoms with Crippen LogP contribution in [-0.2, 0) is 4.79 Å². The van der Waals surface area contributed by atoms with E-state index in [1.807, 2.05) is 48.5 Å². The molecule has 29 heavy (non-hydrogen) atoms. The van der Waals surface area contributed by atoms with Crippen molar-refractivity contribution in [2.45, 2.75) is 16.6 Å². The Bertz CT molecular complexity index is 1070. The standard InChI is InChI=1S/C23H19FN2O2S/c1-28-16-12-10-15(11-13-16)23-21(29-20-9-5-4-8-19(20)26-23)14-22(27)25-18-7-3-2-6-17(18)24/h2-13,21H,14H2,1H3,(H,25,27)/t21-/m0/s1. The minimum absolute atomic E-state index is 0.179. The number of nitrogens with one attached hydrogen (secondary N) is 1. The lowest BCUT2D eigenvalue weighted by atomic mass is 10.0. The summed E-state index contributed by atoms with van der Waals surface area (Å²) in [7, 11) is 1.62. The number of amides is 1. The molecule has 1 aliphatic rings. The van der Waals surface area contributed by atoms with Crippen molar-refractivity contribution in [2.24, 2.45) is 4.99 Å². The molecule has 1 heterocycles. The van der Waals surface area contributed by atoms with Gasteiger partial charge in [0, 0.05) is 11.3 Å². The van der Waals surface area contributed by atoms with E-state index in [4.69, 9.17) is 9.73 Å². The maximum Gasteiger partial charge on any atom is 0.225 e. The summed E-state index contributed by atoms with van der Waals surface area (Å²) in [6.07, 6.45) is 0.179. The van der Waals surface area contributed by atoms with Crippen LogP contribution in [0.5, 0.6) is 5.75 Å². The Morgan fingerprint density at radius 2 is 1.79 bits per heavy atom. The van der Waals surface area contributed by atoms with E-state index in [9.17, 15) is 9.18 Å². The summed E-state index contributed by atoms with van der Waals surface area (Å²) in [6.45, 7) is 0. The van der Waals surface area contributed by atoms with E-state index in [0.29, 0.717) is 0 Å². The van der Waals surface area contributed by atoms with E-state index in [2.05, 4.69) is 5.32 Å². The Morgan fingerprint density at radius 3 is 2.55 bits per heavy atom. The number of anilines is 1. The first-order chi connectivity index (χ1) is 14.1. The Kier molecular flexibility index (Phi) is 5.62. The quantitative estimate of drug-likeness (QED) is 0.612. The third-order valence-corrected chi connectivity index (χ3v) is 5.86. The van der Waals surface area contributed by atoms with Crippen LogP contribution in [0.4, 0.5) is 15.8 Å². The molecular formula is C23H19FN2O2S. The number of carbonyl (C=O) groups is 1. The maximum absolute atomic E-state index is 13.9. The fraction of sp³-hybridized carbons (Fsp3) is 0.130. The molecule has 0 bridgehead atoms. The van der Waals surface area contributed by atoms with E-state index in [0.717, 1.165) is 27.6 Å². The predicted octanol–water partition coefficient (Wildman–Crippen LogP) is 5.46. The molecule has 3 aromatic carbocycles. The largest absolute Gasteiger partial charge is 0.497 e. The lowest BCUT2D eigenvalue weighted by Crippen LogP contribution is -2.27. The van der Waals surface area contributed by atoms with Gasteiger partial charge in [0.25, 0.3) is 0 Å². The Morgan fingerprint density at radius 1 is 1.07 bits per heavy atom. The number of aliphatic imine (C=N–C) groups is 1. The fourth-order valence-corrected chi connectivity index (χ4v) is 4.38. The fourth-order valence-electron chi connectivity index (χ4n) is 3.14. The van der Waals surface area contributed by atoms with Gasteiger partial charge < -0.3 is 10.1 Å². The minimum Gasteiger partial charge on any atom is -0.497 e. The molecule has 1 aliphatic heterocycles. The number of nitrogens with zero attached hydrogens (tertiary/aromatic N) is 1. The third-order valence-electron chi connectivity index (χ3n) is 4.58. The van der Waals surface area contributed by atoms with Crippen LogP contribution in [0.15, 0.2) is 82.7 Å².